The first kappa shape index (κ1) is 12.4. The first-order chi connectivity index (χ1) is 8.15. The van der Waals surface area contributed by atoms with Crippen molar-refractivity contribution in [2.45, 2.75) is 26.4 Å². The molecule has 0 aliphatic heterocycles. The second-order valence-corrected chi connectivity index (χ2v) is 5.53. The second-order valence-electron chi connectivity index (χ2n) is 4.29. The monoisotopic (exact) mass is 341 g/mol. The number of hydrogen-bond donors (Lipinski definition) is 1. The molecule has 2 aromatic rings. The van der Waals surface area contributed by atoms with Crippen LogP contribution in [0.3, 0.4) is 0 Å². The van der Waals surface area contributed by atoms with Gasteiger partial charge in [0, 0.05) is 22.4 Å². The summed E-state index contributed by atoms with van der Waals surface area (Å²) in [6.07, 6.45) is 3.91. The molecule has 0 fully saturated rings. The molecule has 4 heteroatoms. The van der Waals surface area contributed by atoms with Crippen LogP contribution in [0.15, 0.2) is 36.7 Å². The van der Waals surface area contributed by atoms with Crippen molar-refractivity contribution in [3.8, 4) is 0 Å². The molecule has 17 heavy (non-hydrogen) atoms. The Kier molecular flexibility index (Phi) is 4.04. The van der Waals surface area contributed by atoms with Gasteiger partial charge in [-0.15, -0.1) is 0 Å². The second kappa shape index (κ2) is 5.53. The summed E-state index contributed by atoms with van der Waals surface area (Å²) in [6.45, 7) is 5.08. The maximum Gasteiger partial charge on any atom is 0.0729 e. The lowest BCUT2D eigenvalue weighted by molar-refractivity contribution is 0.532. The number of benzene rings is 1. The molecular formula is C13H16IN3. The van der Waals surface area contributed by atoms with Crippen molar-refractivity contribution in [2.75, 3.05) is 5.32 Å². The first-order valence-corrected chi connectivity index (χ1v) is 6.75. The molecule has 1 aromatic heterocycles. The van der Waals surface area contributed by atoms with Crippen LogP contribution >= 0.6 is 22.6 Å². The minimum atomic E-state index is 0.406. The quantitative estimate of drug-likeness (QED) is 0.860. The van der Waals surface area contributed by atoms with Crippen LogP contribution in [-0.4, -0.2) is 9.78 Å². The number of aromatic nitrogens is 2. The summed E-state index contributed by atoms with van der Waals surface area (Å²) in [4.78, 5) is 0. The Hall–Kier alpha value is -1.04. The number of rotatable bonds is 4. The van der Waals surface area contributed by atoms with E-state index in [-0.39, 0.29) is 0 Å². The number of halogens is 1. The highest BCUT2D eigenvalue weighted by Crippen LogP contribution is 2.13. The first-order valence-electron chi connectivity index (χ1n) is 5.67. The molecule has 1 aromatic carbocycles. The Bertz CT molecular complexity index is 491. The largest absolute Gasteiger partial charge is 0.378 e. The molecule has 3 nitrogen and oxygen atoms in total. The van der Waals surface area contributed by atoms with Crippen LogP contribution in [0, 0.1) is 3.57 Å². The van der Waals surface area contributed by atoms with E-state index in [0.717, 1.165) is 12.2 Å². The lowest BCUT2D eigenvalue weighted by Gasteiger charge is -2.05. The van der Waals surface area contributed by atoms with Gasteiger partial charge in [0.25, 0.3) is 0 Å². The van der Waals surface area contributed by atoms with Crippen molar-refractivity contribution < 1.29 is 0 Å². The van der Waals surface area contributed by atoms with Crippen molar-refractivity contribution in [3.05, 3.63) is 45.8 Å². The van der Waals surface area contributed by atoms with Gasteiger partial charge in [0.2, 0.25) is 0 Å². The third-order valence-corrected chi connectivity index (χ3v) is 3.19. The Balaban J connectivity index is 1.97. The fraction of sp³-hybridized carbons (Fsp3) is 0.308. The Morgan fingerprint density at radius 1 is 1.41 bits per heavy atom. The molecule has 0 amide bonds. The highest BCUT2D eigenvalue weighted by Gasteiger charge is 2.01. The zero-order chi connectivity index (χ0) is 12.3. The van der Waals surface area contributed by atoms with Crippen molar-refractivity contribution in [3.63, 3.8) is 0 Å². The van der Waals surface area contributed by atoms with Crippen LogP contribution in [0.1, 0.15) is 25.5 Å². The van der Waals surface area contributed by atoms with E-state index >= 15 is 0 Å². The van der Waals surface area contributed by atoms with Gasteiger partial charge in [0.1, 0.15) is 0 Å². The standard InChI is InChI=1S/C13H16IN3/c1-10(2)17-9-13(8-16-17)15-7-11-4-3-5-12(14)6-11/h3-6,8-10,15H,7H2,1-2H3. The molecular weight excluding hydrogens is 325 g/mol. The number of anilines is 1. The van der Waals surface area contributed by atoms with Crippen LogP contribution < -0.4 is 5.32 Å². The van der Waals surface area contributed by atoms with Gasteiger partial charge in [-0.2, -0.15) is 5.10 Å². The van der Waals surface area contributed by atoms with Gasteiger partial charge in [0.05, 0.1) is 11.9 Å². The topological polar surface area (TPSA) is 29.9 Å². The minimum Gasteiger partial charge on any atom is -0.378 e. The molecule has 90 valence electrons. The molecule has 1 heterocycles. The van der Waals surface area contributed by atoms with E-state index in [0.29, 0.717) is 6.04 Å². The summed E-state index contributed by atoms with van der Waals surface area (Å²) in [5, 5.41) is 7.67. The van der Waals surface area contributed by atoms with Gasteiger partial charge in [-0.05, 0) is 54.1 Å². The maximum absolute atomic E-state index is 4.30. The van der Waals surface area contributed by atoms with E-state index in [9.17, 15) is 0 Å². The van der Waals surface area contributed by atoms with Crippen LogP contribution in [0.4, 0.5) is 5.69 Å². The summed E-state index contributed by atoms with van der Waals surface area (Å²) in [5.74, 6) is 0. The molecule has 0 atom stereocenters. The molecule has 0 aliphatic carbocycles. The van der Waals surface area contributed by atoms with Gasteiger partial charge in [-0.3, -0.25) is 4.68 Å². The Labute approximate surface area is 115 Å². The summed E-state index contributed by atoms with van der Waals surface area (Å²) in [5.41, 5.74) is 2.35. The maximum atomic E-state index is 4.30. The molecule has 0 radical (unpaired) electrons. The lowest BCUT2D eigenvalue weighted by Crippen LogP contribution is -2.01. The molecule has 0 bridgehead atoms. The zero-order valence-electron chi connectivity index (χ0n) is 10.0. The Morgan fingerprint density at radius 2 is 2.24 bits per heavy atom. The van der Waals surface area contributed by atoms with Crippen molar-refractivity contribution >= 4 is 28.3 Å². The third kappa shape index (κ3) is 3.46. The molecule has 0 saturated carbocycles. The smallest absolute Gasteiger partial charge is 0.0729 e. The molecule has 0 aliphatic rings. The van der Waals surface area contributed by atoms with Crippen LogP contribution in [0.2, 0.25) is 0 Å². The van der Waals surface area contributed by atoms with Crippen molar-refractivity contribution in [1.82, 2.24) is 9.78 Å². The number of hydrogen-bond acceptors (Lipinski definition) is 2. The van der Waals surface area contributed by atoms with E-state index in [1.807, 2.05) is 17.1 Å². The Morgan fingerprint density at radius 3 is 2.88 bits per heavy atom. The molecule has 0 unspecified atom stereocenters. The summed E-state index contributed by atoms with van der Waals surface area (Å²) < 4.78 is 3.22. The fourth-order valence-corrected chi connectivity index (χ4v) is 2.17. The average molecular weight is 341 g/mol. The van der Waals surface area contributed by atoms with E-state index in [2.05, 4.69) is 71.1 Å². The SMILES string of the molecule is CC(C)n1cc(NCc2cccc(I)c2)cn1. The van der Waals surface area contributed by atoms with Gasteiger partial charge >= 0.3 is 0 Å². The van der Waals surface area contributed by atoms with Gasteiger partial charge < -0.3 is 5.32 Å². The van der Waals surface area contributed by atoms with E-state index in [1.54, 1.807) is 0 Å². The predicted octanol–water partition coefficient (Wildman–Crippen LogP) is 3.68. The molecule has 2 rings (SSSR count). The molecule has 0 spiro atoms. The predicted molar refractivity (Wildman–Crippen MR) is 79.1 cm³/mol. The normalized spacial score (nSPS) is 10.8. The number of nitrogens with zero attached hydrogens (tertiary/aromatic N) is 2. The van der Waals surface area contributed by atoms with Crippen molar-refractivity contribution in [1.29, 1.82) is 0 Å². The summed E-state index contributed by atoms with van der Waals surface area (Å²) in [6, 6.07) is 8.89. The number of nitrogens with one attached hydrogen (secondary N) is 1. The highest BCUT2D eigenvalue weighted by atomic mass is 127. The van der Waals surface area contributed by atoms with Crippen LogP contribution in [-0.2, 0) is 6.54 Å². The van der Waals surface area contributed by atoms with Gasteiger partial charge in [-0.25, -0.2) is 0 Å². The fourth-order valence-electron chi connectivity index (χ4n) is 1.56. The molecule has 1 N–H and O–H groups in total. The van der Waals surface area contributed by atoms with Crippen LogP contribution in [0.25, 0.3) is 0 Å². The summed E-state index contributed by atoms with van der Waals surface area (Å²) >= 11 is 2.33. The lowest BCUT2D eigenvalue weighted by atomic mass is 10.2. The minimum absolute atomic E-state index is 0.406. The van der Waals surface area contributed by atoms with Crippen molar-refractivity contribution in [2.24, 2.45) is 0 Å². The zero-order valence-corrected chi connectivity index (χ0v) is 12.2. The van der Waals surface area contributed by atoms with Gasteiger partial charge in [0.15, 0.2) is 0 Å². The van der Waals surface area contributed by atoms with Gasteiger partial charge in [-0.1, -0.05) is 12.1 Å². The van der Waals surface area contributed by atoms with E-state index < -0.39 is 0 Å². The highest BCUT2D eigenvalue weighted by molar-refractivity contribution is 14.1. The third-order valence-electron chi connectivity index (χ3n) is 2.52. The van der Waals surface area contributed by atoms with Crippen LogP contribution in [0.5, 0.6) is 0 Å². The van der Waals surface area contributed by atoms with E-state index in [1.165, 1.54) is 9.13 Å². The molecule has 0 saturated heterocycles. The average Bonchev–Trinajstić information content (AvgIpc) is 2.75. The van der Waals surface area contributed by atoms with E-state index in [4.69, 9.17) is 0 Å². The summed E-state index contributed by atoms with van der Waals surface area (Å²) in [7, 11) is 0.